The molecule has 1 aliphatic heterocycles. The second-order valence-corrected chi connectivity index (χ2v) is 5.29. The lowest BCUT2D eigenvalue weighted by Gasteiger charge is -2.15. The molecule has 1 aromatic carbocycles. The highest BCUT2D eigenvalue weighted by Gasteiger charge is 2.19. The maximum Gasteiger partial charge on any atom is 0.120 e. The molecule has 2 fully saturated rings. The van der Waals surface area contributed by atoms with Gasteiger partial charge in [-0.1, -0.05) is 25.0 Å². The predicted molar refractivity (Wildman–Crippen MR) is 69.6 cm³/mol. The number of hydrogen-bond acceptors (Lipinski definition) is 2. The zero-order valence-corrected chi connectivity index (χ0v) is 10.3. The highest BCUT2D eigenvalue weighted by Crippen LogP contribution is 2.35. The minimum absolute atomic E-state index is 0.369. The molecule has 0 bridgehead atoms. The Hall–Kier alpha value is -1.02. The molecule has 1 heterocycles. The molecule has 1 saturated heterocycles. The Labute approximate surface area is 103 Å². The minimum atomic E-state index is 0.369. The van der Waals surface area contributed by atoms with E-state index in [-0.39, 0.29) is 0 Å². The SMILES string of the molecule is c1cc(OC2CCNC2)cc(C2CCCC2)c1. The van der Waals surface area contributed by atoms with Gasteiger partial charge in [-0.15, -0.1) is 0 Å². The molecule has 17 heavy (non-hydrogen) atoms. The average Bonchev–Trinajstić information content (AvgIpc) is 3.01. The first-order valence-electron chi connectivity index (χ1n) is 6.89. The first kappa shape index (κ1) is 11.1. The van der Waals surface area contributed by atoms with Crippen molar-refractivity contribution >= 4 is 0 Å². The zero-order valence-electron chi connectivity index (χ0n) is 10.3. The van der Waals surface area contributed by atoms with Gasteiger partial charge in [0.05, 0.1) is 0 Å². The van der Waals surface area contributed by atoms with E-state index >= 15 is 0 Å². The molecule has 2 heteroatoms. The quantitative estimate of drug-likeness (QED) is 0.863. The fourth-order valence-electron chi connectivity index (χ4n) is 3.02. The average molecular weight is 231 g/mol. The van der Waals surface area contributed by atoms with Crippen LogP contribution < -0.4 is 10.1 Å². The largest absolute Gasteiger partial charge is 0.489 e. The molecule has 1 unspecified atom stereocenters. The summed E-state index contributed by atoms with van der Waals surface area (Å²) in [5, 5.41) is 3.34. The lowest BCUT2D eigenvalue weighted by atomic mass is 9.98. The summed E-state index contributed by atoms with van der Waals surface area (Å²) in [5.74, 6) is 1.84. The number of hydrogen-bond donors (Lipinski definition) is 1. The van der Waals surface area contributed by atoms with Crippen LogP contribution in [0, 0.1) is 0 Å². The summed E-state index contributed by atoms with van der Waals surface area (Å²) < 4.78 is 6.01. The molecule has 1 aromatic rings. The molecule has 1 aliphatic carbocycles. The maximum atomic E-state index is 6.01. The van der Waals surface area contributed by atoms with E-state index in [1.54, 1.807) is 0 Å². The molecule has 0 aromatic heterocycles. The topological polar surface area (TPSA) is 21.3 Å². The Kier molecular flexibility index (Phi) is 3.32. The van der Waals surface area contributed by atoms with E-state index < -0.39 is 0 Å². The van der Waals surface area contributed by atoms with Gasteiger partial charge in [0.1, 0.15) is 11.9 Å². The summed E-state index contributed by atoms with van der Waals surface area (Å²) in [5.41, 5.74) is 1.48. The fourth-order valence-corrected chi connectivity index (χ4v) is 3.02. The maximum absolute atomic E-state index is 6.01. The third kappa shape index (κ3) is 2.63. The van der Waals surface area contributed by atoms with Gasteiger partial charge >= 0.3 is 0 Å². The van der Waals surface area contributed by atoms with Gasteiger partial charge in [0.25, 0.3) is 0 Å². The predicted octanol–water partition coefficient (Wildman–Crippen LogP) is 3.08. The Morgan fingerprint density at radius 3 is 2.76 bits per heavy atom. The van der Waals surface area contributed by atoms with Crippen molar-refractivity contribution in [3.05, 3.63) is 29.8 Å². The highest BCUT2D eigenvalue weighted by atomic mass is 16.5. The van der Waals surface area contributed by atoms with Crippen LogP contribution in [-0.4, -0.2) is 19.2 Å². The highest BCUT2D eigenvalue weighted by molar-refractivity contribution is 5.31. The second kappa shape index (κ2) is 5.09. The summed E-state index contributed by atoms with van der Waals surface area (Å²) in [6, 6.07) is 8.76. The van der Waals surface area contributed by atoms with E-state index in [1.807, 2.05) is 0 Å². The summed E-state index contributed by atoms with van der Waals surface area (Å²) >= 11 is 0. The van der Waals surface area contributed by atoms with Gasteiger partial charge in [-0.25, -0.2) is 0 Å². The van der Waals surface area contributed by atoms with Crippen LogP contribution in [-0.2, 0) is 0 Å². The summed E-state index contributed by atoms with van der Waals surface area (Å²) in [4.78, 5) is 0. The lowest BCUT2D eigenvalue weighted by Crippen LogP contribution is -2.19. The van der Waals surface area contributed by atoms with E-state index in [1.165, 1.54) is 31.2 Å². The molecule has 0 radical (unpaired) electrons. The molecule has 1 saturated carbocycles. The Morgan fingerprint density at radius 1 is 1.12 bits per heavy atom. The van der Waals surface area contributed by atoms with Crippen molar-refractivity contribution in [3.8, 4) is 5.75 Å². The molecule has 3 rings (SSSR count). The van der Waals surface area contributed by atoms with Crippen LogP contribution in [0.25, 0.3) is 0 Å². The normalized spacial score (nSPS) is 25.3. The molecule has 1 atom stereocenters. The van der Waals surface area contributed by atoms with E-state index in [4.69, 9.17) is 4.74 Å². The monoisotopic (exact) mass is 231 g/mol. The first-order chi connectivity index (χ1) is 8.42. The number of nitrogens with one attached hydrogen (secondary N) is 1. The molecular weight excluding hydrogens is 210 g/mol. The lowest BCUT2D eigenvalue weighted by molar-refractivity contribution is 0.223. The van der Waals surface area contributed by atoms with E-state index in [0.29, 0.717) is 6.10 Å². The third-order valence-electron chi connectivity index (χ3n) is 4.00. The van der Waals surface area contributed by atoms with Crippen molar-refractivity contribution in [3.63, 3.8) is 0 Å². The van der Waals surface area contributed by atoms with Crippen LogP contribution in [0.1, 0.15) is 43.6 Å². The number of rotatable bonds is 3. The Balaban J connectivity index is 1.69. The minimum Gasteiger partial charge on any atom is -0.489 e. The van der Waals surface area contributed by atoms with Crippen LogP contribution in [0.2, 0.25) is 0 Å². The Morgan fingerprint density at radius 2 is 2.00 bits per heavy atom. The van der Waals surface area contributed by atoms with Crippen molar-refractivity contribution in [2.45, 2.75) is 44.1 Å². The fraction of sp³-hybridized carbons (Fsp3) is 0.600. The second-order valence-electron chi connectivity index (χ2n) is 5.29. The van der Waals surface area contributed by atoms with E-state index in [0.717, 1.165) is 31.2 Å². The molecule has 0 spiro atoms. The Bertz CT molecular complexity index is 365. The molecule has 92 valence electrons. The zero-order chi connectivity index (χ0) is 11.5. The van der Waals surface area contributed by atoms with E-state index in [2.05, 4.69) is 29.6 Å². The van der Waals surface area contributed by atoms with Crippen LogP contribution >= 0.6 is 0 Å². The first-order valence-corrected chi connectivity index (χ1v) is 6.89. The van der Waals surface area contributed by atoms with Gasteiger partial charge in [0.15, 0.2) is 0 Å². The van der Waals surface area contributed by atoms with Crippen molar-refractivity contribution in [2.75, 3.05) is 13.1 Å². The molecule has 1 N–H and O–H groups in total. The summed E-state index contributed by atoms with van der Waals surface area (Å²) in [6.45, 7) is 2.08. The van der Waals surface area contributed by atoms with Gasteiger partial charge < -0.3 is 10.1 Å². The van der Waals surface area contributed by atoms with Gasteiger partial charge in [-0.05, 0) is 49.4 Å². The number of ether oxygens (including phenoxy) is 1. The molecule has 2 aliphatic rings. The summed E-state index contributed by atoms with van der Waals surface area (Å²) in [7, 11) is 0. The van der Waals surface area contributed by atoms with Gasteiger partial charge in [0, 0.05) is 6.54 Å². The van der Waals surface area contributed by atoms with Crippen molar-refractivity contribution in [2.24, 2.45) is 0 Å². The molecule has 0 amide bonds. The molecular formula is C15H21NO. The molecule has 2 nitrogen and oxygen atoms in total. The van der Waals surface area contributed by atoms with Crippen molar-refractivity contribution in [1.82, 2.24) is 5.32 Å². The van der Waals surface area contributed by atoms with E-state index in [9.17, 15) is 0 Å². The van der Waals surface area contributed by atoms with Crippen LogP contribution in [0.5, 0.6) is 5.75 Å². The smallest absolute Gasteiger partial charge is 0.120 e. The van der Waals surface area contributed by atoms with Crippen LogP contribution in [0.4, 0.5) is 0 Å². The van der Waals surface area contributed by atoms with Crippen molar-refractivity contribution in [1.29, 1.82) is 0 Å². The third-order valence-corrected chi connectivity index (χ3v) is 4.00. The summed E-state index contributed by atoms with van der Waals surface area (Å²) in [6.07, 6.45) is 7.00. The van der Waals surface area contributed by atoms with Gasteiger partial charge in [0.2, 0.25) is 0 Å². The van der Waals surface area contributed by atoms with Crippen LogP contribution in [0.15, 0.2) is 24.3 Å². The number of benzene rings is 1. The van der Waals surface area contributed by atoms with Crippen LogP contribution in [0.3, 0.4) is 0 Å². The van der Waals surface area contributed by atoms with Crippen molar-refractivity contribution < 1.29 is 4.74 Å². The van der Waals surface area contributed by atoms with Gasteiger partial charge in [-0.3, -0.25) is 0 Å². The van der Waals surface area contributed by atoms with Gasteiger partial charge in [-0.2, -0.15) is 0 Å². The standard InChI is InChI=1S/C15H21NO/c1-2-5-12(4-1)13-6-3-7-14(10-13)17-15-8-9-16-11-15/h3,6-7,10,12,15-16H,1-2,4-5,8-9,11H2.